The summed E-state index contributed by atoms with van der Waals surface area (Å²) in [4.78, 5) is 17.4. The fourth-order valence-electron chi connectivity index (χ4n) is 3.61. The van der Waals surface area contributed by atoms with Crippen LogP contribution in [-0.4, -0.2) is 22.3 Å². The molecule has 0 aliphatic carbocycles. The van der Waals surface area contributed by atoms with E-state index in [2.05, 4.69) is 15.4 Å². The van der Waals surface area contributed by atoms with E-state index < -0.39 is 0 Å². The van der Waals surface area contributed by atoms with E-state index in [0.717, 1.165) is 27.7 Å². The maximum Gasteiger partial charge on any atom is 0.342 e. The standard InChI is InChI=1S/C21H17N5O/c27-21(23-14-15-11-13-22-18-8-3-1-6-16(15)18)25-19-9-4-2-7-17(19)20-10-5-12-24-26(20)25/h1-13,20H,14H2,(H,23,27). The third-order valence-electron chi connectivity index (χ3n) is 4.86. The second kappa shape index (κ2) is 6.25. The Labute approximate surface area is 156 Å². The maximum absolute atomic E-state index is 13.0. The van der Waals surface area contributed by atoms with Gasteiger partial charge in [0.25, 0.3) is 0 Å². The van der Waals surface area contributed by atoms with Crippen LogP contribution in [-0.2, 0) is 6.54 Å². The van der Waals surface area contributed by atoms with E-state index in [0.29, 0.717) is 6.54 Å². The lowest BCUT2D eigenvalue weighted by molar-refractivity contribution is 0.206. The lowest BCUT2D eigenvalue weighted by Crippen LogP contribution is -2.46. The van der Waals surface area contributed by atoms with Crippen LogP contribution < -0.4 is 10.3 Å². The molecule has 3 heterocycles. The van der Waals surface area contributed by atoms with Crippen LogP contribution in [0.25, 0.3) is 10.9 Å². The Morgan fingerprint density at radius 1 is 1.07 bits per heavy atom. The van der Waals surface area contributed by atoms with Gasteiger partial charge in [-0.25, -0.2) is 4.79 Å². The Balaban J connectivity index is 1.42. The first kappa shape index (κ1) is 15.6. The minimum absolute atomic E-state index is 0.0568. The number of benzene rings is 2. The van der Waals surface area contributed by atoms with Crippen molar-refractivity contribution < 1.29 is 4.79 Å². The highest BCUT2D eigenvalue weighted by Crippen LogP contribution is 2.41. The van der Waals surface area contributed by atoms with Gasteiger partial charge in [0.15, 0.2) is 0 Å². The van der Waals surface area contributed by atoms with Crippen LogP contribution in [0.3, 0.4) is 0 Å². The lowest BCUT2D eigenvalue weighted by Gasteiger charge is -2.29. The number of hydrogen-bond donors (Lipinski definition) is 1. The molecule has 5 rings (SSSR count). The molecule has 6 heteroatoms. The van der Waals surface area contributed by atoms with E-state index in [-0.39, 0.29) is 12.1 Å². The molecule has 0 radical (unpaired) electrons. The van der Waals surface area contributed by atoms with Crippen molar-refractivity contribution in [3.05, 3.63) is 84.1 Å². The number of carbonyl (C=O) groups is 1. The topological polar surface area (TPSA) is 60.8 Å². The number of hydrogen-bond acceptors (Lipinski definition) is 4. The smallest absolute Gasteiger partial charge is 0.332 e. The molecule has 132 valence electrons. The number of fused-ring (bicyclic) bond motifs is 4. The lowest BCUT2D eigenvalue weighted by atomic mass is 10.1. The van der Waals surface area contributed by atoms with Crippen LogP contribution in [0.4, 0.5) is 10.5 Å². The fourth-order valence-corrected chi connectivity index (χ4v) is 3.61. The van der Waals surface area contributed by atoms with Gasteiger partial charge in [-0.15, -0.1) is 0 Å². The van der Waals surface area contributed by atoms with Gasteiger partial charge in [0.1, 0.15) is 6.04 Å². The Kier molecular flexibility index (Phi) is 3.60. The van der Waals surface area contributed by atoms with E-state index in [1.165, 1.54) is 0 Å². The van der Waals surface area contributed by atoms with E-state index in [1.54, 1.807) is 22.5 Å². The third kappa shape index (κ3) is 2.54. The highest BCUT2D eigenvalue weighted by molar-refractivity contribution is 5.94. The monoisotopic (exact) mass is 355 g/mol. The number of urea groups is 1. The van der Waals surface area contributed by atoms with Crippen molar-refractivity contribution in [3.63, 3.8) is 0 Å². The van der Waals surface area contributed by atoms with Crippen molar-refractivity contribution in [2.75, 3.05) is 5.01 Å². The quantitative estimate of drug-likeness (QED) is 0.761. The number of pyridine rings is 1. The molecule has 1 unspecified atom stereocenters. The van der Waals surface area contributed by atoms with Gasteiger partial charge in [-0.05, 0) is 29.8 Å². The molecule has 6 nitrogen and oxygen atoms in total. The van der Waals surface area contributed by atoms with E-state index in [9.17, 15) is 4.79 Å². The van der Waals surface area contributed by atoms with Crippen molar-refractivity contribution >= 4 is 28.8 Å². The number of amides is 2. The van der Waals surface area contributed by atoms with Crippen LogP contribution >= 0.6 is 0 Å². The molecule has 0 spiro atoms. The van der Waals surface area contributed by atoms with Crippen molar-refractivity contribution in [1.29, 1.82) is 0 Å². The Morgan fingerprint density at radius 3 is 2.89 bits per heavy atom. The summed E-state index contributed by atoms with van der Waals surface area (Å²) in [5.41, 5.74) is 3.86. The van der Waals surface area contributed by atoms with E-state index in [1.807, 2.05) is 66.7 Å². The van der Waals surface area contributed by atoms with Crippen molar-refractivity contribution in [2.24, 2.45) is 5.10 Å². The molecule has 27 heavy (non-hydrogen) atoms. The van der Waals surface area contributed by atoms with E-state index >= 15 is 0 Å². The zero-order chi connectivity index (χ0) is 18.2. The number of aromatic nitrogens is 1. The highest BCUT2D eigenvalue weighted by Gasteiger charge is 2.38. The summed E-state index contributed by atoms with van der Waals surface area (Å²) in [6, 6.07) is 17.5. The van der Waals surface area contributed by atoms with Crippen molar-refractivity contribution in [1.82, 2.24) is 15.4 Å². The minimum Gasteiger partial charge on any atom is -0.332 e. The SMILES string of the molecule is O=C(NCc1ccnc2ccccc12)N1c2ccccc2C2C=CC=NN21. The van der Waals surface area contributed by atoms with Gasteiger partial charge < -0.3 is 5.32 Å². The molecule has 0 fully saturated rings. The van der Waals surface area contributed by atoms with Crippen LogP contribution in [0.2, 0.25) is 0 Å². The first-order valence-electron chi connectivity index (χ1n) is 8.82. The molecule has 0 saturated heterocycles. The second-order valence-electron chi connectivity index (χ2n) is 6.43. The van der Waals surface area contributed by atoms with Gasteiger partial charge in [-0.1, -0.05) is 42.5 Å². The Hall–Kier alpha value is -3.67. The summed E-state index contributed by atoms with van der Waals surface area (Å²) < 4.78 is 0. The summed E-state index contributed by atoms with van der Waals surface area (Å²) in [5.74, 6) is 0. The van der Waals surface area contributed by atoms with Crippen LogP contribution in [0.1, 0.15) is 17.2 Å². The van der Waals surface area contributed by atoms with Gasteiger partial charge in [0.2, 0.25) is 0 Å². The normalized spacial score (nSPS) is 17.1. The van der Waals surface area contributed by atoms with E-state index in [4.69, 9.17) is 0 Å². The fraction of sp³-hybridized carbons (Fsp3) is 0.0952. The largest absolute Gasteiger partial charge is 0.342 e. The Bertz CT molecular complexity index is 1090. The number of nitrogens with one attached hydrogen (secondary N) is 1. The highest BCUT2D eigenvalue weighted by atomic mass is 16.2. The summed E-state index contributed by atoms with van der Waals surface area (Å²) in [7, 11) is 0. The minimum atomic E-state index is -0.210. The number of carbonyl (C=O) groups excluding carboxylic acids is 1. The summed E-state index contributed by atoms with van der Waals surface area (Å²) in [6.07, 6.45) is 7.40. The van der Waals surface area contributed by atoms with Gasteiger partial charge in [0.05, 0.1) is 11.2 Å². The average molecular weight is 355 g/mol. The number of hydrazine groups is 1. The average Bonchev–Trinajstić information content (AvgIpc) is 3.06. The number of allylic oxidation sites excluding steroid dienone is 1. The van der Waals surface area contributed by atoms with Crippen LogP contribution in [0.5, 0.6) is 0 Å². The van der Waals surface area contributed by atoms with Crippen molar-refractivity contribution in [2.45, 2.75) is 12.6 Å². The first-order chi connectivity index (χ1) is 13.3. The predicted octanol–water partition coefficient (Wildman–Crippen LogP) is 3.78. The Morgan fingerprint density at radius 2 is 1.93 bits per heavy atom. The molecule has 1 N–H and O–H groups in total. The molecule has 2 aliphatic rings. The second-order valence-corrected chi connectivity index (χ2v) is 6.43. The summed E-state index contributed by atoms with van der Waals surface area (Å²) in [6.45, 7) is 0.415. The number of hydrazone groups is 1. The van der Waals surface area contributed by atoms with Gasteiger partial charge >= 0.3 is 6.03 Å². The number of nitrogens with zero attached hydrogens (tertiary/aromatic N) is 4. The molecular formula is C21H17N5O. The molecule has 1 atom stereocenters. The number of rotatable bonds is 2. The molecule has 2 amide bonds. The van der Waals surface area contributed by atoms with Crippen molar-refractivity contribution in [3.8, 4) is 0 Å². The molecule has 1 aromatic heterocycles. The summed E-state index contributed by atoms with van der Waals surface area (Å²) in [5, 5.41) is 11.8. The first-order valence-corrected chi connectivity index (χ1v) is 8.82. The zero-order valence-electron chi connectivity index (χ0n) is 14.5. The zero-order valence-corrected chi connectivity index (χ0v) is 14.5. The van der Waals surface area contributed by atoms with Crippen LogP contribution in [0.15, 0.2) is 78.0 Å². The van der Waals surface area contributed by atoms with Gasteiger partial charge in [-0.3, -0.25) is 4.98 Å². The number of anilines is 1. The maximum atomic E-state index is 13.0. The molecular weight excluding hydrogens is 338 g/mol. The molecule has 0 bridgehead atoms. The van der Waals surface area contributed by atoms with Gasteiger partial charge in [-0.2, -0.15) is 15.2 Å². The molecule has 2 aliphatic heterocycles. The molecule has 3 aromatic rings. The molecule has 0 saturated carbocycles. The van der Waals surface area contributed by atoms with Gasteiger partial charge in [0, 0.05) is 29.9 Å². The predicted molar refractivity (Wildman–Crippen MR) is 105 cm³/mol. The third-order valence-corrected chi connectivity index (χ3v) is 4.86. The molecule has 2 aromatic carbocycles. The number of para-hydroxylation sites is 2. The van der Waals surface area contributed by atoms with Crippen LogP contribution in [0, 0.1) is 0 Å². The summed E-state index contributed by atoms with van der Waals surface area (Å²) >= 11 is 0.